The molecule has 0 fully saturated rings. The van der Waals surface area contributed by atoms with Crippen molar-refractivity contribution in [3.8, 4) is 0 Å². The van der Waals surface area contributed by atoms with Crippen molar-refractivity contribution in [1.82, 2.24) is 5.32 Å². The maximum Gasteiger partial charge on any atom is 0.328 e. The van der Waals surface area contributed by atoms with Crippen LogP contribution in [-0.4, -0.2) is 42.0 Å². The lowest BCUT2D eigenvalue weighted by atomic mass is 9.83. The quantitative estimate of drug-likeness (QED) is 0.431. The fraction of sp³-hybridized carbons (Fsp3) is 0.115. The molecule has 0 aliphatic heterocycles. The third kappa shape index (κ3) is 4.47. The summed E-state index contributed by atoms with van der Waals surface area (Å²) in [7, 11) is 0. The van der Waals surface area contributed by atoms with Gasteiger partial charge in [-0.1, -0.05) is 54.6 Å². The van der Waals surface area contributed by atoms with E-state index in [-0.39, 0.29) is 33.9 Å². The van der Waals surface area contributed by atoms with Crippen LogP contribution in [0.5, 0.6) is 0 Å². The molecule has 1 aliphatic carbocycles. The van der Waals surface area contributed by atoms with Crippen molar-refractivity contribution < 1.29 is 28.7 Å². The van der Waals surface area contributed by atoms with Crippen molar-refractivity contribution in [3.63, 3.8) is 0 Å². The lowest BCUT2D eigenvalue weighted by Crippen LogP contribution is -2.40. The van der Waals surface area contributed by atoms with Crippen LogP contribution in [0.3, 0.4) is 0 Å². The van der Waals surface area contributed by atoms with E-state index in [0.717, 1.165) is 0 Å². The molecule has 8 heteroatoms. The first-order chi connectivity index (χ1) is 16.4. The molecule has 0 unspecified atom stereocenters. The highest BCUT2D eigenvalue weighted by atomic mass is 16.5. The van der Waals surface area contributed by atoms with E-state index in [1.54, 1.807) is 60.7 Å². The molecule has 0 heterocycles. The Hall–Kier alpha value is -4.59. The van der Waals surface area contributed by atoms with Gasteiger partial charge in [-0.05, 0) is 25.1 Å². The number of carbonyl (C=O) groups excluding carboxylic acids is 5. The van der Waals surface area contributed by atoms with Crippen LogP contribution in [0.2, 0.25) is 0 Å². The van der Waals surface area contributed by atoms with E-state index in [2.05, 4.69) is 10.6 Å². The summed E-state index contributed by atoms with van der Waals surface area (Å²) in [5, 5.41) is 5.04. The molecule has 1 atom stereocenters. The monoisotopic (exact) mass is 456 g/mol. The average Bonchev–Trinajstić information content (AvgIpc) is 2.86. The standard InChI is InChI=1S/C26H20N2O6/c1-15(27-25(32)16-8-3-2-4-9-16)26(33)34-14-21(29)28-20-13-7-12-19-22(20)24(31)18-11-6-5-10-17(18)23(19)30/h2-13,15H,14H2,1H3,(H,27,32)(H,28,29)/t15-/m0/s1. The minimum atomic E-state index is -0.985. The number of anilines is 1. The van der Waals surface area contributed by atoms with E-state index < -0.39 is 30.4 Å². The fourth-order valence-electron chi connectivity index (χ4n) is 3.63. The molecular weight excluding hydrogens is 436 g/mol. The molecule has 3 aromatic carbocycles. The summed E-state index contributed by atoms with van der Waals surface area (Å²) in [6.07, 6.45) is 0. The van der Waals surface area contributed by atoms with E-state index in [4.69, 9.17) is 4.74 Å². The second kappa shape index (κ2) is 9.50. The van der Waals surface area contributed by atoms with Crippen LogP contribution < -0.4 is 10.6 Å². The molecule has 0 saturated carbocycles. The van der Waals surface area contributed by atoms with Crippen LogP contribution in [0.25, 0.3) is 0 Å². The molecule has 0 aromatic heterocycles. The predicted octanol–water partition coefficient (Wildman–Crippen LogP) is 2.76. The number of hydrogen-bond acceptors (Lipinski definition) is 6. The fourth-order valence-corrected chi connectivity index (χ4v) is 3.63. The van der Waals surface area contributed by atoms with Crippen molar-refractivity contribution >= 4 is 35.0 Å². The number of benzene rings is 3. The van der Waals surface area contributed by atoms with Gasteiger partial charge in [0.2, 0.25) is 0 Å². The lowest BCUT2D eigenvalue weighted by Gasteiger charge is -2.20. The van der Waals surface area contributed by atoms with Gasteiger partial charge < -0.3 is 15.4 Å². The molecular formula is C26H20N2O6. The van der Waals surface area contributed by atoms with Gasteiger partial charge in [-0.2, -0.15) is 0 Å². The van der Waals surface area contributed by atoms with E-state index in [0.29, 0.717) is 11.1 Å². The summed E-state index contributed by atoms with van der Waals surface area (Å²) in [5.41, 5.74) is 1.39. The number of ether oxygens (including phenoxy) is 1. The minimum Gasteiger partial charge on any atom is -0.454 e. The number of amides is 2. The van der Waals surface area contributed by atoms with Crippen LogP contribution in [0.15, 0.2) is 72.8 Å². The summed E-state index contributed by atoms with van der Waals surface area (Å²) >= 11 is 0. The minimum absolute atomic E-state index is 0.0920. The van der Waals surface area contributed by atoms with Gasteiger partial charge in [0.15, 0.2) is 18.2 Å². The first kappa shape index (κ1) is 22.6. The number of esters is 1. The normalized spacial score (nSPS) is 12.7. The van der Waals surface area contributed by atoms with Crippen LogP contribution in [0, 0.1) is 0 Å². The van der Waals surface area contributed by atoms with Crippen molar-refractivity contribution in [1.29, 1.82) is 0 Å². The number of rotatable bonds is 6. The van der Waals surface area contributed by atoms with Crippen molar-refractivity contribution in [2.75, 3.05) is 11.9 Å². The molecule has 4 rings (SSSR count). The van der Waals surface area contributed by atoms with Gasteiger partial charge in [0.25, 0.3) is 11.8 Å². The number of ketones is 2. The zero-order valence-electron chi connectivity index (χ0n) is 18.2. The Morgan fingerprint density at radius 2 is 1.41 bits per heavy atom. The Labute approximate surface area is 194 Å². The van der Waals surface area contributed by atoms with Crippen LogP contribution in [0.1, 0.15) is 49.1 Å². The van der Waals surface area contributed by atoms with Gasteiger partial charge in [-0.25, -0.2) is 4.79 Å². The van der Waals surface area contributed by atoms with Crippen molar-refractivity contribution in [3.05, 3.63) is 101 Å². The first-order valence-corrected chi connectivity index (χ1v) is 10.5. The maximum absolute atomic E-state index is 13.0. The zero-order chi connectivity index (χ0) is 24.2. The highest BCUT2D eigenvalue weighted by Crippen LogP contribution is 2.31. The summed E-state index contributed by atoms with van der Waals surface area (Å²) < 4.78 is 5.01. The number of carbonyl (C=O) groups is 5. The van der Waals surface area contributed by atoms with E-state index in [9.17, 15) is 24.0 Å². The van der Waals surface area contributed by atoms with Crippen molar-refractivity contribution in [2.24, 2.45) is 0 Å². The molecule has 0 bridgehead atoms. The molecule has 2 N–H and O–H groups in total. The zero-order valence-corrected chi connectivity index (χ0v) is 18.2. The van der Waals surface area contributed by atoms with E-state index in [1.807, 2.05) is 0 Å². The predicted molar refractivity (Wildman–Crippen MR) is 123 cm³/mol. The summed E-state index contributed by atoms with van der Waals surface area (Å²) in [4.78, 5) is 62.6. The molecule has 3 aromatic rings. The number of nitrogens with one attached hydrogen (secondary N) is 2. The molecule has 170 valence electrons. The van der Waals surface area contributed by atoms with Crippen LogP contribution in [-0.2, 0) is 14.3 Å². The number of fused-ring (bicyclic) bond motifs is 2. The Kier molecular flexibility index (Phi) is 6.31. The van der Waals surface area contributed by atoms with Crippen LogP contribution >= 0.6 is 0 Å². The van der Waals surface area contributed by atoms with Gasteiger partial charge in [0, 0.05) is 22.3 Å². The van der Waals surface area contributed by atoms with Gasteiger partial charge in [0.05, 0.1) is 11.3 Å². The summed E-state index contributed by atoms with van der Waals surface area (Å²) in [5.74, 6) is -2.63. The Bertz CT molecular complexity index is 1320. The summed E-state index contributed by atoms with van der Waals surface area (Å²) in [6, 6.07) is 18.4. The maximum atomic E-state index is 13.0. The third-order valence-corrected chi connectivity index (χ3v) is 5.31. The van der Waals surface area contributed by atoms with Crippen LogP contribution in [0.4, 0.5) is 5.69 Å². The molecule has 1 aliphatic rings. The SMILES string of the molecule is C[C@H](NC(=O)c1ccccc1)C(=O)OCC(=O)Nc1cccc2c1C(=O)c1ccccc1C2=O. The highest BCUT2D eigenvalue weighted by molar-refractivity contribution is 6.30. The smallest absolute Gasteiger partial charge is 0.328 e. The van der Waals surface area contributed by atoms with Gasteiger partial charge in [0.1, 0.15) is 6.04 Å². The molecule has 0 saturated heterocycles. The Balaban J connectivity index is 1.40. The van der Waals surface area contributed by atoms with Gasteiger partial charge in [-0.15, -0.1) is 0 Å². The Morgan fingerprint density at radius 3 is 2.12 bits per heavy atom. The van der Waals surface area contributed by atoms with E-state index in [1.165, 1.54) is 19.1 Å². The van der Waals surface area contributed by atoms with Crippen molar-refractivity contribution in [2.45, 2.75) is 13.0 Å². The lowest BCUT2D eigenvalue weighted by molar-refractivity contribution is -0.148. The van der Waals surface area contributed by atoms with Gasteiger partial charge in [-0.3, -0.25) is 19.2 Å². The highest BCUT2D eigenvalue weighted by Gasteiger charge is 2.31. The number of hydrogen-bond donors (Lipinski definition) is 2. The second-order valence-electron chi connectivity index (χ2n) is 7.65. The van der Waals surface area contributed by atoms with E-state index >= 15 is 0 Å². The summed E-state index contributed by atoms with van der Waals surface area (Å²) in [6.45, 7) is 0.809. The second-order valence-corrected chi connectivity index (χ2v) is 7.65. The molecule has 0 spiro atoms. The average molecular weight is 456 g/mol. The first-order valence-electron chi connectivity index (χ1n) is 10.5. The largest absolute Gasteiger partial charge is 0.454 e. The Morgan fingerprint density at radius 1 is 0.794 bits per heavy atom. The molecule has 8 nitrogen and oxygen atoms in total. The van der Waals surface area contributed by atoms with Gasteiger partial charge >= 0.3 is 5.97 Å². The molecule has 34 heavy (non-hydrogen) atoms. The molecule has 2 amide bonds. The molecule has 0 radical (unpaired) electrons. The topological polar surface area (TPSA) is 119 Å². The third-order valence-electron chi connectivity index (χ3n) is 5.31.